The first-order chi connectivity index (χ1) is 13.7. The second-order valence-corrected chi connectivity index (χ2v) is 9.06. The van der Waals surface area contributed by atoms with Crippen LogP contribution in [0.2, 0.25) is 0 Å². The SMILES string of the molecule is COc1ccc(CCOC2CCCCC2C2CCC(CCCO)CC2)cc1C. The topological polar surface area (TPSA) is 38.7 Å². The Labute approximate surface area is 171 Å². The molecule has 3 heteroatoms. The number of aryl methyl sites for hydroxylation is 1. The number of ether oxygens (including phenoxy) is 2. The van der Waals surface area contributed by atoms with Gasteiger partial charge in [0.1, 0.15) is 5.75 Å². The molecule has 2 atom stereocenters. The molecule has 2 aliphatic carbocycles. The largest absolute Gasteiger partial charge is 0.496 e. The van der Waals surface area contributed by atoms with Crippen molar-refractivity contribution in [3.63, 3.8) is 0 Å². The van der Waals surface area contributed by atoms with Crippen LogP contribution in [0, 0.1) is 24.7 Å². The van der Waals surface area contributed by atoms with E-state index in [2.05, 4.69) is 25.1 Å². The maximum Gasteiger partial charge on any atom is 0.121 e. The van der Waals surface area contributed by atoms with E-state index in [1.54, 1.807) is 7.11 Å². The number of methoxy groups -OCH3 is 1. The fourth-order valence-electron chi connectivity index (χ4n) is 5.58. The molecule has 0 heterocycles. The Morgan fingerprint density at radius 1 is 1.04 bits per heavy atom. The van der Waals surface area contributed by atoms with Crippen molar-refractivity contribution in [2.75, 3.05) is 20.3 Å². The van der Waals surface area contributed by atoms with Crippen molar-refractivity contribution in [2.24, 2.45) is 17.8 Å². The summed E-state index contributed by atoms with van der Waals surface area (Å²) in [5.74, 6) is 3.44. The molecular weight excluding hydrogens is 348 g/mol. The summed E-state index contributed by atoms with van der Waals surface area (Å²) in [4.78, 5) is 0. The summed E-state index contributed by atoms with van der Waals surface area (Å²) in [5.41, 5.74) is 2.54. The zero-order valence-corrected chi connectivity index (χ0v) is 18.0. The minimum atomic E-state index is 0.353. The van der Waals surface area contributed by atoms with Crippen LogP contribution in [0.25, 0.3) is 0 Å². The summed E-state index contributed by atoms with van der Waals surface area (Å²) in [6, 6.07) is 6.47. The number of aliphatic hydroxyl groups is 1. The van der Waals surface area contributed by atoms with Crippen molar-refractivity contribution in [1.82, 2.24) is 0 Å². The van der Waals surface area contributed by atoms with Gasteiger partial charge >= 0.3 is 0 Å². The lowest BCUT2D eigenvalue weighted by molar-refractivity contribution is -0.0381. The average molecular weight is 389 g/mol. The van der Waals surface area contributed by atoms with E-state index in [1.807, 2.05) is 0 Å². The second-order valence-electron chi connectivity index (χ2n) is 9.06. The minimum Gasteiger partial charge on any atom is -0.496 e. The van der Waals surface area contributed by atoms with Crippen LogP contribution in [0.5, 0.6) is 5.75 Å². The van der Waals surface area contributed by atoms with Gasteiger partial charge in [-0.3, -0.25) is 0 Å². The lowest BCUT2D eigenvalue weighted by Crippen LogP contribution is -2.35. The molecule has 0 spiro atoms. The standard InChI is InChI=1S/C25H40O3/c1-19-18-21(11-14-24(19)27-2)15-17-28-25-8-4-3-7-23(25)22-12-9-20(10-13-22)6-5-16-26/h11,14,18,20,22-23,25-26H,3-10,12-13,15-17H2,1-2H3. The molecule has 3 rings (SSSR count). The van der Waals surface area contributed by atoms with Crippen molar-refractivity contribution in [1.29, 1.82) is 0 Å². The summed E-state index contributed by atoms with van der Waals surface area (Å²) in [6.45, 7) is 3.29. The molecule has 3 nitrogen and oxygen atoms in total. The highest BCUT2D eigenvalue weighted by atomic mass is 16.5. The Bertz CT molecular complexity index is 577. The van der Waals surface area contributed by atoms with E-state index in [9.17, 15) is 0 Å². The molecule has 158 valence electrons. The number of hydrogen-bond acceptors (Lipinski definition) is 3. The summed E-state index contributed by atoms with van der Waals surface area (Å²) >= 11 is 0. The van der Waals surface area contributed by atoms with E-state index >= 15 is 0 Å². The van der Waals surface area contributed by atoms with Crippen molar-refractivity contribution in [3.8, 4) is 5.75 Å². The van der Waals surface area contributed by atoms with Crippen LogP contribution < -0.4 is 4.74 Å². The first kappa shape index (κ1) is 21.6. The first-order valence-electron chi connectivity index (χ1n) is 11.6. The molecule has 0 radical (unpaired) electrons. The van der Waals surface area contributed by atoms with Crippen LogP contribution in [-0.4, -0.2) is 31.5 Å². The Morgan fingerprint density at radius 2 is 1.82 bits per heavy atom. The van der Waals surface area contributed by atoms with Crippen molar-refractivity contribution < 1.29 is 14.6 Å². The van der Waals surface area contributed by atoms with Crippen LogP contribution in [0.15, 0.2) is 18.2 Å². The molecule has 2 fully saturated rings. The molecule has 1 N–H and O–H groups in total. The molecule has 2 aliphatic rings. The molecule has 1 aromatic rings. The van der Waals surface area contributed by atoms with Gasteiger partial charge in [-0.2, -0.15) is 0 Å². The monoisotopic (exact) mass is 388 g/mol. The smallest absolute Gasteiger partial charge is 0.121 e. The Morgan fingerprint density at radius 3 is 2.54 bits per heavy atom. The summed E-state index contributed by atoms with van der Waals surface area (Å²) in [5, 5.41) is 9.07. The number of hydrogen-bond donors (Lipinski definition) is 1. The minimum absolute atomic E-state index is 0.353. The van der Waals surface area contributed by atoms with E-state index in [0.717, 1.165) is 43.0 Å². The Kier molecular flexibility index (Phi) is 8.66. The van der Waals surface area contributed by atoms with Crippen molar-refractivity contribution in [2.45, 2.75) is 83.7 Å². The van der Waals surface area contributed by atoms with Crippen LogP contribution in [-0.2, 0) is 11.2 Å². The van der Waals surface area contributed by atoms with Gasteiger partial charge in [-0.05, 0) is 86.8 Å². The van der Waals surface area contributed by atoms with Crippen molar-refractivity contribution >= 4 is 0 Å². The summed E-state index contributed by atoms with van der Waals surface area (Å²) in [7, 11) is 1.73. The zero-order chi connectivity index (χ0) is 19.8. The van der Waals surface area contributed by atoms with Gasteiger partial charge in [0.05, 0.1) is 19.8 Å². The molecular formula is C25H40O3. The fourth-order valence-corrected chi connectivity index (χ4v) is 5.58. The molecule has 2 saturated carbocycles. The highest BCUT2D eigenvalue weighted by Crippen LogP contribution is 2.42. The third kappa shape index (κ3) is 5.97. The third-order valence-electron chi connectivity index (χ3n) is 7.20. The summed E-state index contributed by atoms with van der Waals surface area (Å²) < 4.78 is 11.8. The van der Waals surface area contributed by atoms with Crippen LogP contribution in [0.3, 0.4) is 0 Å². The average Bonchev–Trinajstić information content (AvgIpc) is 2.73. The predicted octanol–water partition coefficient (Wildman–Crippen LogP) is 5.70. The van der Waals surface area contributed by atoms with Gasteiger partial charge in [0.25, 0.3) is 0 Å². The summed E-state index contributed by atoms with van der Waals surface area (Å²) in [6.07, 6.45) is 14.4. The number of aliphatic hydroxyl groups excluding tert-OH is 1. The van der Waals surface area contributed by atoms with Crippen LogP contribution >= 0.6 is 0 Å². The van der Waals surface area contributed by atoms with Gasteiger partial charge in [-0.25, -0.2) is 0 Å². The van der Waals surface area contributed by atoms with Gasteiger partial charge in [0.2, 0.25) is 0 Å². The van der Waals surface area contributed by atoms with Crippen LogP contribution in [0.4, 0.5) is 0 Å². The third-order valence-corrected chi connectivity index (χ3v) is 7.20. The lowest BCUT2D eigenvalue weighted by atomic mass is 9.69. The van der Waals surface area contributed by atoms with Gasteiger partial charge < -0.3 is 14.6 Å². The van der Waals surface area contributed by atoms with E-state index in [-0.39, 0.29) is 0 Å². The number of rotatable bonds is 9. The van der Waals surface area contributed by atoms with Gasteiger partial charge in [0, 0.05) is 6.61 Å². The van der Waals surface area contributed by atoms with E-state index in [4.69, 9.17) is 14.6 Å². The Hall–Kier alpha value is -1.06. The molecule has 2 unspecified atom stereocenters. The van der Waals surface area contributed by atoms with Gasteiger partial charge in [0.15, 0.2) is 0 Å². The molecule has 0 aliphatic heterocycles. The molecule has 0 aromatic heterocycles. The molecule has 0 amide bonds. The second kappa shape index (κ2) is 11.2. The van der Waals surface area contributed by atoms with E-state index < -0.39 is 0 Å². The Balaban J connectivity index is 1.46. The van der Waals surface area contributed by atoms with E-state index in [1.165, 1.54) is 68.9 Å². The maximum atomic E-state index is 9.07. The molecule has 0 saturated heterocycles. The highest BCUT2D eigenvalue weighted by molar-refractivity contribution is 5.36. The first-order valence-corrected chi connectivity index (χ1v) is 11.6. The number of benzene rings is 1. The van der Waals surface area contributed by atoms with E-state index in [0.29, 0.717) is 12.7 Å². The quantitative estimate of drug-likeness (QED) is 0.590. The van der Waals surface area contributed by atoms with Crippen LogP contribution in [0.1, 0.15) is 75.3 Å². The molecule has 0 bridgehead atoms. The normalized spacial score (nSPS) is 28.2. The lowest BCUT2D eigenvalue weighted by Gasteiger charge is -2.40. The predicted molar refractivity (Wildman–Crippen MR) is 115 cm³/mol. The van der Waals surface area contributed by atoms with Crippen molar-refractivity contribution in [3.05, 3.63) is 29.3 Å². The molecule has 1 aromatic carbocycles. The molecule has 28 heavy (non-hydrogen) atoms. The van der Waals surface area contributed by atoms with Gasteiger partial charge in [-0.1, -0.05) is 37.8 Å². The highest BCUT2D eigenvalue weighted by Gasteiger charge is 2.34. The zero-order valence-electron chi connectivity index (χ0n) is 18.0. The fraction of sp³-hybridized carbons (Fsp3) is 0.760. The maximum absolute atomic E-state index is 9.07. The van der Waals surface area contributed by atoms with Gasteiger partial charge in [-0.15, -0.1) is 0 Å².